The molecule has 14 heavy (non-hydrogen) atoms. The Morgan fingerprint density at radius 2 is 2.07 bits per heavy atom. The average molecular weight is 183 g/mol. The van der Waals surface area contributed by atoms with E-state index in [-0.39, 0.29) is 0 Å². The van der Waals surface area contributed by atoms with Crippen molar-refractivity contribution in [2.75, 3.05) is 0 Å². The molecule has 1 rings (SSSR count). The quantitative estimate of drug-likeness (QED) is 0.652. The molecule has 1 aromatic heterocycles. The van der Waals surface area contributed by atoms with Crippen LogP contribution in [0.2, 0.25) is 0 Å². The maximum absolute atomic E-state index is 4.25. The second-order valence-electron chi connectivity index (χ2n) is 2.67. The van der Waals surface area contributed by atoms with Crippen molar-refractivity contribution in [3.05, 3.63) is 73.6 Å². The molecule has 0 bridgehead atoms. The van der Waals surface area contributed by atoms with E-state index >= 15 is 0 Å². The van der Waals surface area contributed by atoms with Gasteiger partial charge in [-0.1, -0.05) is 49.6 Å². The van der Waals surface area contributed by atoms with Crippen LogP contribution in [0.3, 0.4) is 0 Å². The van der Waals surface area contributed by atoms with Gasteiger partial charge in [-0.25, -0.2) is 0 Å². The number of pyridine rings is 1. The summed E-state index contributed by atoms with van der Waals surface area (Å²) in [6.07, 6.45) is 11.0. The molecule has 1 nitrogen and oxygen atoms in total. The summed E-state index contributed by atoms with van der Waals surface area (Å²) in [5, 5.41) is 0. The molecule has 1 aromatic rings. The molecule has 1 heteroatoms. The lowest BCUT2D eigenvalue weighted by molar-refractivity contribution is 1.28. The minimum atomic E-state index is 0.936. The fraction of sp³-hybridized carbons (Fsp3) is 0. The Morgan fingerprint density at radius 3 is 2.64 bits per heavy atom. The second-order valence-corrected chi connectivity index (χ2v) is 2.67. The van der Waals surface area contributed by atoms with Gasteiger partial charge >= 0.3 is 0 Å². The first kappa shape index (κ1) is 10.2. The van der Waals surface area contributed by atoms with Gasteiger partial charge in [-0.3, -0.25) is 4.98 Å². The highest BCUT2D eigenvalue weighted by Crippen LogP contribution is 2.12. The minimum Gasteiger partial charge on any atom is -0.256 e. The summed E-state index contributed by atoms with van der Waals surface area (Å²) in [4.78, 5) is 4.25. The van der Waals surface area contributed by atoms with Crippen molar-refractivity contribution < 1.29 is 0 Å². The standard InChI is InChI=1S/C13H13N/c1-3-5-9-12(8-4-2)13-10-6-7-11-14-13/h3-11H,1-2H2/b9-5-,12-8+. The van der Waals surface area contributed by atoms with Crippen LogP contribution in [-0.4, -0.2) is 4.98 Å². The van der Waals surface area contributed by atoms with Gasteiger partial charge in [0.05, 0.1) is 5.69 Å². The van der Waals surface area contributed by atoms with Gasteiger partial charge in [-0.15, -0.1) is 0 Å². The number of allylic oxidation sites excluding steroid dienone is 6. The molecule has 0 unspecified atom stereocenters. The van der Waals surface area contributed by atoms with Crippen molar-refractivity contribution in [1.82, 2.24) is 4.98 Å². The number of nitrogens with zero attached hydrogens (tertiary/aromatic N) is 1. The predicted molar refractivity (Wildman–Crippen MR) is 61.7 cm³/mol. The topological polar surface area (TPSA) is 12.9 Å². The van der Waals surface area contributed by atoms with E-state index in [2.05, 4.69) is 18.1 Å². The summed E-state index contributed by atoms with van der Waals surface area (Å²) in [7, 11) is 0. The molecular weight excluding hydrogens is 170 g/mol. The highest BCUT2D eigenvalue weighted by molar-refractivity contribution is 5.72. The third kappa shape index (κ3) is 2.87. The fourth-order valence-electron chi connectivity index (χ4n) is 1.06. The van der Waals surface area contributed by atoms with Crippen molar-refractivity contribution in [2.24, 2.45) is 0 Å². The van der Waals surface area contributed by atoms with Crippen molar-refractivity contribution in [1.29, 1.82) is 0 Å². The van der Waals surface area contributed by atoms with Gasteiger partial charge in [0.15, 0.2) is 0 Å². The minimum absolute atomic E-state index is 0.936. The molecule has 70 valence electrons. The maximum atomic E-state index is 4.25. The Labute approximate surface area is 84.8 Å². The normalized spacial score (nSPS) is 11.6. The van der Waals surface area contributed by atoms with E-state index in [9.17, 15) is 0 Å². The Kier molecular flexibility index (Phi) is 4.15. The second kappa shape index (κ2) is 5.70. The molecular formula is C13H13N. The van der Waals surface area contributed by atoms with E-state index in [4.69, 9.17) is 0 Å². The zero-order valence-corrected chi connectivity index (χ0v) is 8.06. The van der Waals surface area contributed by atoms with Crippen LogP contribution < -0.4 is 0 Å². The summed E-state index contributed by atoms with van der Waals surface area (Å²) >= 11 is 0. The number of aromatic nitrogens is 1. The van der Waals surface area contributed by atoms with Crippen LogP contribution in [0.15, 0.2) is 67.9 Å². The molecule has 0 saturated carbocycles. The van der Waals surface area contributed by atoms with Crippen molar-refractivity contribution in [3.63, 3.8) is 0 Å². The lowest BCUT2D eigenvalue weighted by atomic mass is 10.1. The molecule has 0 radical (unpaired) electrons. The van der Waals surface area contributed by atoms with Gasteiger partial charge in [0, 0.05) is 11.8 Å². The van der Waals surface area contributed by atoms with Crippen LogP contribution in [0.1, 0.15) is 5.69 Å². The largest absolute Gasteiger partial charge is 0.256 e. The Bertz CT molecular complexity index is 358. The molecule has 0 aliphatic rings. The van der Waals surface area contributed by atoms with Crippen LogP contribution in [0.5, 0.6) is 0 Å². The van der Waals surface area contributed by atoms with Crippen molar-refractivity contribution in [2.45, 2.75) is 0 Å². The monoisotopic (exact) mass is 183 g/mol. The van der Waals surface area contributed by atoms with Crippen molar-refractivity contribution >= 4 is 5.57 Å². The predicted octanol–water partition coefficient (Wildman–Crippen LogP) is 3.39. The maximum Gasteiger partial charge on any atom is 0.0701 e. The number of rotatable bonds is 4. The van der Waals surface area contributed by atoms with Crippen LogP contribution in [0.25, 0.3) is 5.57 Å². The molecule has 0 aliphatic carbocycles. The lowest BCUT2D eigenvalue weighted by Crippen LogP contribution is -1.84. The molecule has 1 heterocycles. The molecule has 0 atom stereocenters. The highest BCUT2D eigenvalue weighted by Gasteiger charge is 1.95. The van der Waals surface area contributed by atoms with E-state index in [1.807, 2.05) is 36.4 Å². The summed E-state index contributed by atoms with van der Waals surface area (Å²) in [6.45, 7) is 7.30. The van der Waals surface area contributed by atoms with Gasteiger partial charge in [-0.05, 0) is 12.1 Å². The third-order valence-corrected chi connectivity index (χ3v) is 1.67. The molecule has 0 fully saturated rings. The first-order chi connectivity index (χ1) is 6.88. The SMILES string of the molecule is C=C/C=C\C(=C/C=C)c1ccccn1. The number of hydrogen-bond acceptors (Lipinski definition) is 1. The summed E-state index contributed by atoms with van der Waals surface area (Å²) in [6, 6.07) is 5.82. The first-order valence-corrected chi connectivity index (χ1v) is 4.41. The van der Waals surface area contributed by atoms with Crippen LogP contribution in [-0.2, 0) is 0 Å². The summed E-state index contributed by atoms with van der Waals surface area (Å²) in [5.41, 5.74) is 1.96. The Morgan fingerprint density at radius 1 is 1.21 bits per heavy atom. The lowest BCUT2D eigenvalue weighted by Gasteiger charge is -1.98. The summed E-state index contributed by atoms with van der Waals surface area (Å²) in [5.74, 6) is 0. The van der Waals surface area contributed by atoms with E-state index in [0.29, 0.717) is 0 Å². The molecule has 0 aliphatic heterocycles. The first-order valence-electron chi connectivity index (χ1n) is 4.41. The smallest absolute Gasteiger partial charge is 0.0701 e. The number of hydrogen-bond donors (Lipinski definition) is 0. The van der Waals surface area contributed by atoms with Gasteiger partial charge in [0.1, 0.15) is 0 Å². The average Bonchev–Trinajstić information content (AvgIpc) is 2.25. The molecule has 0 spiro atoms. The Balaban J connectivity index is 3.01. The molecule has 0 saturated heterocycles. The molecule has 0 aromatic carbocycles. The van der Waals surface area contributed by atoms with Crippen LogP contribution >= 0.6 is 0 Å². The van der Waals surface area contributed by atoms with Gasteiger partial charge < -0.3 is 0 Å². The molecule has 0 N–H and O–H groups in total. The third-order valence-electron chi connectivity index (χ3n) is 1.67. The fourth-order valence-corrected chi connectivity index (χ4v) is 1.06. The zero-order chi connectivity index (χ0) is 10.2. The van der Waals surface area contributed by atoms with Crippen molar-refractivity contribution in [3.8, 4) is 0 Å². The zero-order valence-electron chi connectivity index (χ0n) is 8.06. The van der Waals surface area contributed by atoms with Gasteiger partial charge in [0.2, 0.25) is 0 Å². The van der Waals surface area contributed by atoms with E-state index < -0.39 is 0 Å². The molecule has 0 amide bonds. The van der Waals surface area contributed by atoms with E-state index in [0.717, 1.165) is 11.3 Å². The Hall–Kier alpha value is -1.89. The van der Waals surface area contributed by atoms with Crippen LogP contribution in [0, 0.1) is 0 Å². The highest BCUT2D eigenvalue weighted by atomic mass is 14.7. The van der Waals surface area contributed by atoms with Gasteiger partial charge in [0.25, 0.3) is 0 Å². The van der Waals surface area contributed by atoms with Gasteiger partial charge in [-0.2, -0.15) is 0 Å². The van der Waals surface area contributed by atoms with Crippen LogP contribution in [0.4, 0.5) is 0 Å². The van der Waals surface area contributed by atoms with E-state index in [1.54, 1.807) is 18.3 Å². The summed E-state index contributed by atoms with van der Waals surface area (Å²) < 4.78 is 0. The van der Waals surface area contributed by atoms with E-state index in [1.165, 1.54) is 0 Å².